The normalized spacial score (nSPS) is 31.3. The van der Waals surface area contributed by atoms with Crippen LogP contribution in [-0.4, -0.2) is 44.8 Å². The Kier molecular flexibility index (Phi) is 3.25. The van der Waals surface area contributed by atoms with E-state index < -0.39 is 11.6 Å². The fourth-order valence-electron chi connectivity index (χ4n) is 2.41. The molecule has 2 rings (SSSR count). The van der Waals surface area contributed by atoms with Gasteiger partial charge in [0.05, 0.1) is 10.8 Å². The molecular formula is C12H19NO4S. The quantitative estimate of drug-likeness (QED) is 0.793. The van der Waals surface area contributed by atoms with Crippen LogP contribution in [0.3, 0.4) is 0 Å². The van der Waals surface area contributed by atoms with Gasteiger partial charge in [0.1, 0.15) is 5.60 Å². The molecule has 1 saturated carbocycles. The highest BCUT2D eigenvalue weighted by Crippen LogP contribution is 2.53. The molecule has 1 spiro atoms. The summed E-state index contributed by atoms with van der Waals surface area (Å²) in [5, 5.41) is 8.94. The fraction of sp³-hybridized carbons (Fsp3) is 0.833. The van der Waals surface area contributed by atoms with E-state index in [1.54, 1.807) is 16.7 Å². The number of ether oxygens (including phenoxy) is 1. The van der Waals surface area contributed by atoms with E-state index in [0.29, 0.717) is 19.4 Å². The summed E-state index contributed by atoms with van der Waals surface area (Å²) in [6, 6.07) is 0. The number of hydrogen-bond donors (Lipinski definition) is 1. The number of rotatable bonds is 1. The summed E-state index contributed by atoms with van der Waals surface area (Å²) in [6.45, 7) is 6.15. The number of carbonyl (C=O) groups excluding carboxylic acids is 1. The van der Waals surface area contributed by atoms with Gasteiger partial charge in [-0.05, 0) is 33.6 Å². The van der Waals surface area contributed by atoms with Crippen molar-refractivity contribution in [3.05, 3.63) is 0 Å². The Bertz CT molecular complexity index is 371. The number of hydrogen-bond acceptors (Lipinski definition) is 4. The predicted molar refractivity (Wildman–Crippen MR) is 68.5 cm³/mol. The highest BCUT2D eigenvalue weighted by molar-refractivity contribution is 8.00. The molecule has 102 valence electrons. The summed E-state index contributed by atoms with van der Waals surface area (Å²) < 4.78 is 5.37. The lowest BCUT2D eigenvalue weighted by atomic mass is 9.78. The third-order valence-corrected chi connectivity index (χ3v) is 4.75. The minimum absolute atomic E-state index is 0.319. The fourth-order valence-corrected chi connectivity index (χ4v) is 4.02. The van der Waals surface area contributed by atoms with Gasteiger partial charge >= 0.3 is 12.1 Å². The molecule has 2 fully saturated rings. The molecule has 0 radical (unpaired) electrons. The van der Waals surface area contributed by atoms with Crippen molar-refractivity contribution in [1.82, 2.24) is 4.90 Å². The van der Waals surface area contributed by atoms with Crippen LogP contribution in [0.1, 0.15) is 33.6 Å². The maximum atomic E-state index is 12.1. The van der Waals surface area contributed by atoms with E-state index in [4.69, 9.17) is 9.84 Å². The molecule has 1 saturated heterocycles. The van der Waals surface area contributed by atoms with Crippen molar-refractivity contribution < 1.29 is 19.4 Å². The van der Waals surface area contributed by atoms with Crippen LogP contribution in [0.15, 0.2) is 0 Å². The third-order valence-electron chi connectivity index (χ3n) is 3.27. The molecule has 18 heavy (non-hydrogen) atoms. The summed E-state index contributed by atoms with van der Waals surface area (Å²) in [4.78, 5) is 24.4. The topological polar surface area (TPSA) is 66.8 Å². The van der Waals surface area contributed by atoms with E-state index in [2.05, 4.69) is 0 Å². The average molecular weight is 273 g/mol. The zero-order valence-electron chi connectivity index (χ0n) is 10.9. The van der Waals surface area contributed by atoms with Gasteiger partial charge in [-0.2, -0.15) is 0 Å². The molecule has 1 heterocycles. The van der Waals surface area contributed by atoms with Gasteiger partial charge in [-0.1, -0.05) is 0 Å². The van der Waals surface area contributed by atoms with Crippen molar-refractivity contribution in [2.24, 2.45) is 5.92 Å². The van der Waals surface area contributed by atoms with E-state index in [-0.39, 0.29) is 16.9 Å². The Balaban J connectivity index is 2.01. The third kappa shape index (κ3) is 2.43. The second-order valence-corrected chi connectivity index (χ2v) is 7.33. The Morgan fingerprint density at radius 1 is 1.39 bits per heavy atom. The molecule has 2 aliphatic rings. The minimum atomic E-state index is -0.766. The Labute approximate surface area is 111 Å². The van der Waals surface area contributed by atoms with Crippen LogP contribution < -0.4 is 0 Å². The summed E-state index contributed by atoms with van der Waals surface area (Å²) in [6.07, 6.45) is 0.745. The van der Waals surface area contributed by atoms with Crippen molar-refractivity contribution in [1.29, 1.82) is 0 Å². The highest BCUT2D eigenvalue weighted by atomic mass is 32.2. The summed E-state index contributed by atoms with van der Waals surface area (Å²) in [5.74, 6) is -0.233. The largest absolute Gasteiger partial charge is 0.481 e. The van der Waals surface area contributed by atoms with Crippen LogP contribution in [-0.2, 0) is 9.53 Å². The average Bonchev–Trinajstić information content (AvgIpc) is 2.55. The number of thioether (sulfide) groups is 1. The van der Waals surface area contributed by atoms with Gasteiger partial charge in [0.15, 0.2) is 0 Å². The van der Waals surface area contributed by atoms with Crippen molar-refractivity contribution >= 4 is 23.8 Å². The molecule has 0 unspecified atom stereocenters. The van der Waals surface area contributed by atoms with E-state index in [9.17, 15) is 9.59 Å². The van der Waals surface area contributed by atoms with Crippen LogP contribution in [0.4, 0.5) is 4.79 Å². The summed E-state index contributed by atoms with van der Waals surface area (Å²) in [7, 11) is 0. The van der Waals surface area contributed by atoms with Gasteiger partial charge < -0.3 is 9.84 Å². The molecule has 0 aromatic heterocycles. The van der Waals surface area contributed by atoms with E-state index >= 15 is 0 Å². The molecule has 5 nitrogen and oxygen atoms in total. The zero-order valence-corrected chi connectivity index (χ0v) is 11.7. The number of nitrogens with zero attached hydrogens (tertiary/aromatic N) is 1. The van der Waals surface area contributed by atoms with Gasteiger partial charge in [-0.25, -0.2) is 4.79 Å². The van der Waals surface area contributed by atoms with Crippen molar-refractivity contribution in [3.63, 3.8) is 0 Å². The van der Waals surface area contributed by atoms with E-state index in [1.807, 2.05) is 20.8 Å². The van der Waals surface area contributed by atoms with Crippen molar-refractivity contribution in [3.8, 4) is 0 Å². The van der Waals surface area contributed by atoms with Crippen LogP contribution >= 0.6 is 11.8 Å². The molecule has 0 aromatic carbocycles. The van der Waals surface area contributed by atoms with Gasteiger partial charge in [0.2, 0.25) is 0 Å². The maximum Gasteiger partial charge on any atom is 0.411 e. The molecule has 1 aliphatic carbocycles. The van der Waals surface area contributed by atoms with E-state index in [0.717, 1.165) is 5.75 Å². The smallest absolute Gasteiger partial charge is 0.411 e. The monoisotopic (exact) mass is 273 g/mol. The Morgan fingerprint density at radius 3 is 2.50 bits per heavy atom. The Hall–Kier alpha value is -0.910. The maximum absolute atomic E-state index is 12.1. The number of amides is 1. The first kappa shape index (κ1) is 13.5. The van der Waals surface area contributed by atoms with E-state index in [1.165, 1.54) is 0 Å². The lowest BCUT2D eigenvalue weighted by molar-refractivity contribution is -0.147. The SMILES string of the molecule is CC(C)(C)OC(=O)N1CCSC12CC(C(=O)O)C2. The van der Waals surface area contributed by atoms with Crippen molar-refractivity contribution in [2.45, 2.75) is 44.1 Å². The minimum Gasteiger partial charge on any atom is -0.481 e. The number of carbonyl (C=O) groups is 2. The molecule has 0 atom stereocenters. The van der Waals surface area contributed by atoms with Crippen molar-refractivity contribution in [2.75, 3.05) is 12.3 Å². The lowest BCUT2D eigenvalue weighted by Gasteiger charge is -2.47. The molecule has 6 heteroatoms. The molecule has 0 aromatic rings. The molecule has 0 bridgehead atoms. The second kappa shape index (κ2) is 4.33. The predicted octanol–water partition coefficient (Wildman–Crippen LogP) is 2.16. The van der Waals surface area contributed by atoms with Crippen LogP contribution in [0.2, 0.25) is 0 Å². The van der Waals surface area contributed by atoms with Gasteiger partial charge in [-0.3, -0.25) is 9.69 Å². The molecule has 1 aliphatic heterocycles. The standard InChI is InChI=1S/C12H19NO4S/c1-11(2,3)17-10(16)13-4-5-18-12(13)6-8(7-12)9(14)15/h8H,4-7H2,1-3H3,(H,14,15). The summed E-state index contributed by atoms with van der Waals surface area (Å²) >= 11 is 1.68. The summed E-state index contributed by atoms with van der Waals surface area (Å²) in [5.41, 5.74) is -0.512. The molecule has 1 amide bonds. The van der Waals surface area contributed by atoms with Crippen LogP contribution in [0, 0.1) is 5.92 Å². The first-order valence-electron chi connectivity index (χ1n) is 6.11. The number of carboxylic acid groups (broad SMARTS) is 1. The first-order chi connectivity index (χ1) is 8.23. The number of aliphatic carboxylic acids is 1. The molecule has 1 N–H and O–H groups in total. The van der Waals surface area contributed by atoms with Gasteiger partial charge in [-0.15, -0.1) is 11.8 Å². The van der Waals surface area contributed by atoms with Gasteiger partial charge in [0.25, 0.3) is 0 Å². The second-order valence-electron chi connectivity index (χ2n) is 5.87. The number of carboxylic acids is 1. The first-order valence-corrected chi connectivity index (χ1v) is 7.09. The Morgan fingerprint density at radius 2 is 2.00 bits per heavy atom. The van der Waals surface area contributed by atoms with Crippen LogP contribution in [0.5, 0.6) is 0 Å². The molecular weight excluding hydrogens is 254 g/mol. The van der Waals surface area contributed by atoms with Gasteiger partial charge in [0, 0.05) is 12.3 Å². The zero-order chi connectivity index (χ0) is 13.6. The highest BCUT2D eigenvalue weighted by Gasteiger charge is 2.56. The van der Waals surface area contributed by atoms with Crippen LogP contribution in [0.25, 0.3) is 0 Å². The lowest BCUT2D eigenvalue weighted by Crippen LogP contribution is -2.56.